The fourth-order valence-electron chi connectivity index (χ4n) is 3.08. The van der Waals surface area contributed by atoms with Crippen molar-refractivity contribution < 1.29 is 14.3 Å². The maximum absolute atomic E-state index is 12.9. The van der Waals surface area contributed by atoms with Gasteiger partial charge >= 0.3 is 0 Å². The topological polar surface area (TPSA) is 80.6 Å². The fourth-order valence-corrected chi connectivity index (χ4v) is 3.77. The monoisotopic (exact) mass is 411 g/mol. The van der Waals surface area contributed by atoms with Crippen molar-refractivity contribution in [3.8, 4) is 16.4 Å². The Morgan fingerprint density at radius 1 is 1.14 bits per heavy atom. The molecule has 1 fully saturated rings. The molecule has 8 nitrogen and oxygen atoms in total. The molecule has 2 amide bonds. The third-order valence-electron chi connectivity index (χ3n) is 4.62. The van der Waals surface area contributed by atoms with Gasteiger partial charge in [-0.25, -0.2) is 9.67 Å². The Hall–Kier alpha value is -3.04. The van der Waals surface area contributed by atoms with Crippen molar-refractivity contribution in [2.75, 3.05) is 39.9 Å². The summed E-state index contributed by atoms with van der Waals surface area (Å²) in [6.07, 6.45) is 0. The summed E-state index contributed by atoms with van der Waals surface area (Å²) in [5.74, 6) is 0.168. The molecule has 0 spiro atoms. The van der Waals surface area contributed by atoms with E-state index in [2.05, 4.69) is 10.1 Å². The standard InChI is InChI=1S/C20H21N5O3S/c1-23(14-17(26)24-9-11-28-12-10-24)20(27)18-21-19(16-8-5-13-29-16)25(22-18)15-6-3-2-4-7-15/h2-8,13H,9-12,14H2,1H3. The molecule has 0 aliphatic carbocycles. The third kappa shape index (κ3) is 4.20. The van der Waals surface area contributed by atoms with Gasteiger partial charge in [0.2, 0.25) is 11.7 Å². The van der Waals surface area contributed by atoms with Crippen LogP contribution in [0.25, 0.3) is 16.4 Å². The highest BCUT2D eigenvalue weighted by Crippen LogP contribution is 2.25. The normalized spacial score (nSPS) is 14.0. The third-order valence-corrected chi connectivity index (χ3v) is 5.49. The van der Waals surface area contributed by atoms with Crippen LogP contribution in [0.2, 0.25) is 0 Å². The van der Waals surface area contributed by atoms with Gasteiger partial charge in [-0.05, 0) is 23.6 Å². The predicted octanol–water partition coefficient (Wildman–Crippen LogP) is 1.93. The number of morpholine rings is 1. The highest BCUT2D eigenvalue weighted by molar-refractivity contribution is 7.13. The van der Waals surface area contributed by atoms with Crippen molar-refractivity contribution in [3.63, 3.8) is 0 Å². The number of ether oxygens (including phenoxy) is 1. The SMILES string of the molecule is CN(CC(=O)N1CCOCC1)C(=O)c1nc(-c2cccs2)n(-c2ccccc2)n1. The molecule has 1 aromatic carbocycles. The Morgan fingerprint density at radius 2 is 1.90 bits per heavy atom. The van der Waals surface area contributed by atoms with Crippen LogP contribution in [-0.2, 0) is 9.53 Å². The van der Waals surface area contributed by atoms with Gasteiger partial charge in [-0.15, -0.1) is 16.4 Å². The first-order valence-corrected chi connectivity index (χ1v) is 10.2. The van der Waals surface area contributed by atoms with Gasteiger partial charge in [0.15, 0.2) is 5.82 Å². The number of hydrogen-bond acceptors (Lipinski definition) is 6. The molecule has 2 aromatic heterocycles. The Labute approximate surface area is 172 Å². The largest absolute Gasteiger partial charge is 0.378 e. The van der Waals surface area contributed by atoms with Gasteiger partial charge in [0.25, 0.3) is 5.91 Å². The van der Waals surface area contributed by atoms with Gasteiger partial charge in [0.1, 0.15) is 0 Å². The molecule has 0 atom stereocenters. The lowest BCUT2D eigenvalue weighted by atomic mass is 10.3. The van der Waals surface area contributed by atoms with Gasteiger partial charge in [0, 0.05) is 20.1 Å². The minimum Gasteiger partial charge on any atom is -0.378 e. The predicted molar refractivity (Wildman–Crippen MR) is 109 cm³/mol. The Morgan fingerprint density at radius 3 is 2.59 bits per heavy atom. The lowest BCUT2D eigenvalue weighted by Crippen LogP contribution is -2.46. The van der Waals surface area contributed by atoms with E-state index >= 15 is 0 Å². The molecule has 0 N–H and O–H groups in total. The zero-order valence-corrected chi connectivity index (χ0v) is 16.8. The zero-order valence-electron chi connectivity index (χ0n) is 16.0. The van der Waals surface area contributed by atoms with Crippen LogP contribution >= 0.6 is 11.3 Å². The molecular weight excluding hydrogens is 390 g/mol. The van der Waals surface area contributed by atoms with Crippen LogP contribution in [-0.4, -0.2) is 76.3 Å². The number of rotatable bonds is 5. The summed E-state index contributed by atoms with van der Waals surface area (Å²) >= 11 is 1.53. The average molecular weight is 411 g/mol. The molecule has 1 aliphatic heterocycles. The Balaban J connectivity index is 1.57. The van der Waals surface area contributed by atoms with Crippen LogP contribution in [0.5, 0.6) is 0 Å². The molecule has 9 heteroatoms. The second kappa shape index (κ2) is 8.54. The van der Waals surface area contributed by atoms with Gasteiger partial charge < -0.3 is 14.5 Å². The van der Waals surface area contributed by atoms with E-state index in [1.807, 2.05) is 47.8 Å². The van der Waals surface area contributed by atoms with E-state index < -0.39 is 0 Å². The van der Waals surface area contributed by atoms with Crippen molar-refractivity contribution in [1.82, 2.24) is 24.6 Å². The highest BCUT2D eigenvalue weighted by Gasteiger charge is 2.25. The van der Waals surface area contributed by atoms with Gasteiger partial charge in [-0.3, -0.25) is 9.59 Å². The van der Waals surface area contributed by atoms with Crippen LogP contribution in [0, 0.1) is 0 Å². The molecule has 1 saturated heterocycles. The van der Waals surface area contributed by atoms with Crippen LogP contribution in [0.4, 0.5) is 0 Å². The maximum Gasteiger partial charge on any atom is 0.293 e. The maximum atomic E-state index is 12.9. The summed E-state index contributed by atoms with van der Waals surface area (Å²) in [4.78, 5) is 33.9. The lowest BCUT2D eigenvalue weighted by Gasteiger charge is -2.28. The zero-order chi connectivity index (χ0) is 20.2. The molecule has 3 aromatic rings. The molecule has 0 unspecified atom stereocenters. The highest BCUT2D eigenvalue weighted by atomic mass is 32.1. The number of likely N-dealkylation sites (N-methyl/N-ethyl adjacent to an activating group) is 1. The molecule has 1 aliphatic rings. The number of carbonyl (C=O) groups is 2. The quantitative estimate of drug-likeness (QED) is 0.641. The summed E-state index contributed by atoms with van der Waals surface area (Å²) in [6, 6.07) is 13.4. The molecule has 0 bridgehead atoms. The van der Waals surface area contributed by atoms with E-state index in [0.717, 1.165) is 10.6 Å². The van der Waals surface area contributed by atoms with Crippen molar-refractivity contribution in [3.05, 3.63) is 53.7 Å². The van der Waals surface area contributed by atoms with Gasteiger partial charge in [-0.1, -0.05) is 24.3 Å². The number of hydrogen-bond donors (Lipinski definition) is 0. The van der Waals surface area contributed by atoms with E-state index in [1.54, 1.807) is 16.6 Å². The molecule has 4 rings (SSSR count). The second-order valence-corrected chi connectivity index (χ2v) is 7.59. The number of carbonyl (C=O) groups excluding carboxylic acids is 2. The van der Waals surface area contributed by atoms with Gasteiger partial charge in [0.05, 0.1) is 30.3 Å². The van der Waals surface area contributed by atoms with Crippen LogP contribution < -0.4 is 0 Å². The van der Waals surface area contributed by atoms with Gasteiger partial charge in [-0.2, -0.15) is 0 Å². The Kier molecular flexibility index (Phi) is 5.68. The van der Waals surface area contributed by atoms with Crippen molar-refractivity contribution in [2.45, 2.75) is 0 Å². The molecule has 29 heavy (non-hydrogen) atoms. The summed E-state index contributed by atoms with van der Waals surface area (Å²) in [6.45, 7) is 2.12. The number of aromatic nitrogens is 3. The first kappa shape index (κ1) is 19.3. The number of benzene rings is 1. The molecular formula is C20H21N5O3S. The average Bonchev–Trinajstić information content (AvgIpc) is 3.44. The van der Waals surface area contributed by atoms with Crippen molar-refractivity contribution in [1.29, 1.82) is 0 Å². The molecule has 150 valence electrons. The smallest absolute Gasteiger partial charge is 0.293 e. The van der Waals surface area contributed by atoms with E-state index in [4.69, 9.17) is 4.74 Å². The van der Waals surface area contributed by atoms with Crippen LogP contribution in [0.3, 0.4) is 0 Å². The van der Waals surface area contributed by atoms with Crippen LogP contribution in [0.15, 0.2) is 47.8 Å². The molecule has 3 heterocycles. The minimum absolute atomic E-state index is 0.0208. The summed E-state index contributed by atoms with van der Waals surface area (Å²) in [7, 11) is 1.59. The minimum atomic E-state index is -0.390. The first-order chi connectivity index (χ1) is 14.1. The number of thiophene rings is 1. The second-order valence-electron chi connectivity index (χ2n) is 6.64. The summed E-state index contributed by atoms with van der Waals surface area (Å²) in [5.41, 5.74) is 0.814. The summed E-state index contributed by atoms with van der Waals surface area (Å²) in [5, 5.41) is 6.41. The first-order valence-electron chi connectivity index (χ1n) is 9.31. The lowest BCUT2D eigenvalue weighted by molar-refractivity contribution is -0.135. The van der Waals surface area contributed by atoms with E-state index in [9.17, 15) is 9.59 Å². The van der Waals surface area contributed by atoms with E-state index in [-0.39, 0.29) is 24.2 Å². The number of para-hydroxylation sites is 1. The van der Waals surface area contributed by atoms with Crippen molar-refractivity contribution >= 4 is 23.2 Å². The summed E-state index contributed by atoms with van der Waals surface area (Å²) < 4.78 is 6.93. The number of nitrogens with zero attached hydrogens (tertiary/aromatic N) is 5. The molecule has 0 radical (unpaired) electrons. The van der Waals surface area contributed by atoms with E-state index in [1.165, 1.54) is 16.2 Å². The van der Waals surface area contributed by atoms with Crippen molar-refractivity contribution in [2.24, 2.45) is 0 Å². The number of amides is 2. The Bertz CT molecular complexity index is 981. The molecule has 0 saturated carbocycles. The van der Waals surface area contributed by atoms with Crippen LogP contribution in [0.1, 0.15) is 10.6 Å². The van der Waals surface area contributed by atoms with E-state index in [0.29, 0.717) is 32.1 Å². The fraction of sp³-hybridized carbons (Fsp3) is 0.300.